The normalized spacial score (nSPS) is 11.4. The molecule has 0 heterocycles. The Morgan fingerprint density at radius 1 is 0.903 bits per heavy atom. The fourth-order valence-corrected chi connectivity index (χ4v) is 3.45. The van der Waals surface area contributed by atoms with Crippen molar-refractivity contribution in [2.24, 2.45) is 0 Å². The summed E-state index contributed by atoms with van der Waals surface area (Å²) >= 11 is 0. The number of carbonyl (C=O) groups is 2. The van der Waals surface area contributed by atoms with Gasteiger partial charge in [-0.25, -0.2) is 0 Å². The Bertz CT molecular complexity index is 990. The Kier molecular flexibility index (Phi) is 7.82. The van der Waals surface area contributed by atoms with Crippen LogP contribution in [0.1, 0.15) is 40.9 Å². The second-order valence-corrected chi connectivity index (χ2v) is 7.52. The van der Waals surface area contributed by atoms with Gasteiger partial charge in [-0.1, -0.05) is 73.7 Å². The summed E-state index contributed by atoms with van der Waals surface area (Å²) in [6, 6.07) is 27.1. The fraction of sp³-hybridized carbons (Fsp3) is 0.231. The molecule has 2 N–H and O–H groups in total. The minimum Gasteiger partial charge on any atom is -0.376 e. The van der Waals surface area contributed by atoms with Crippen LogP contribution in [0.3, 0.4) is 0 Å². The molecule has 0 bridgehead atoms. The van der Waals surface area contributed by atoms with Gasteiger partial charge in [-0.15, -0.1) is 0 Å². The Balaban J connectivity index is 1.56. The van der Waals surface area contributed by atoms with Crippen molar-refractivity contribution in [3.05, 3.63) is 102 Å². The Hall–Kier alpha value is -3.60. The van der Waals surface area contributed by atoms with Crippen LogP contribution < -0.4 is 10.6 Å². The van der Waals surface area contributed by atoms with E-state index in [9.17, 15) is 9.59 Å². The third kappa shape index (κ3) is 6.44. The Morgan fingerprint density at radius 2 is 1.58 bits per heavy atom. The van der Waals surface area contributed by atoms with Crippen LogP contribution in [-0.2, 0) is 11.3 Å². The summed E-state index contributed by atoms with van der Waals surface area (Å²) in [6.45, 7) is 2.73. The number of benzene rings is 3. The Labute approximate surface area is 184 Å². The molecular formula is C26H29N3O2. The van der Waals surface area contributed by atoms with Gasteiger partial charge in [0.1, 0.15) is 0 Å². The van der Waals surface area contributed by atoms with E-state index >= 15 is 0 Å². The molecule has 3 aromatic carbocycles. The molecule has 0 aliphatic heterocycles. The van der Waals surface area contributed by atoms with Crippen molar-refractivity contribution in [1.82, 2.24) is 10.2 Å². The molecule has 3 rings (SSSR count). The number of hydrogen-bond donors (Lipinski definition) is 2. The third-order valence-corrected chi connectivity index (χ3v) is 5.12. The van der Waals surface area contributed by atoms with Crippen LogP contribution >= 0.6 is 0 Å². The molecule has 0 aliphatic carbocycles. The summed E-state index contributed by atoms with van der Waals surface area (Å²) in [6.07, 6.45) is 0.813. The average molecular weight is 416 g/mol. The maximum Gasteiger partial charge on any atom is 0.253 e. The van der Waals surface area contributed by atoms with Crippen molar-refractivity contribution >= 4 is 17.5 Å². The number of hydrogen-bond acceptors (Lipinski definition) is 3. The van der Waals surface area contributed by atoms with E-state index in [2.05, 4.69) is 10.6 Å². The first kappa shape index (κ1) is 22.1. The van der Waals surface area contributed by atoms with Crippen LogP contribution in [0, 0.1) is 0 Å². The van der Waals surface area contributed by atoms with E-state index in [1.807, 2.05) is 79.7 Å². The number of carbonyl (C=O) groups excluding carboxylic acids is 2. The highest BCUT2D eigenvalue weighted by Gasteiger charge is 2.14. The predicted molar refractivity (Wildman–Crippen MR) is 125 cm³/mol. The van der Waals surface area contributed by atoms with Crippen LogP contribution in [0.15, 0.2) is 84.9 Å². The molecule has 5 heteroatoms. The maximum absolute atomic E-state index is 12.8. The standard InChI is InChI=1S/C26H29N3O2/c1-3-24(21-13-8-5-9-14-21)28-25(30)18-27-23-16-10-15-22(17-23)26(31)29(2)19-20-11-6-4-7-12-20/h4-17,24,27H,3,18-19H2,1-2H3,(H,28,30). The SMILES string of the molecule is CCC(NC(=O)CNc1cccc(C(=O)N(C)Cc2ccccc2)c1)c1ccccc1. The minimum absolute atomic E-state index is 0.0185. The third-order valence-electron chi connectivity index (χ3n) is 5.12. The molecule has 160 valence electrons. The van der Waals surface area contributed by atoms with E-state index in [0.717, 1.165) is 23.2 Å². The molecule has 31 heavy (non-hydrogen) atoms. The molecular weight excluding hydrogens is 386 g/mol. The topological polar surface area (TPSA) is 61.4 Å². The fourth-order valence-electron chi connectivity index (χ4n) is 3.45. The second kappa shape index (κ2) is 11.0. The molecule has 3 aromatic rings. The zero-order valence-corrected chi connectivity index (χ0v) is 18.0. The van der Waals surface area contributed by atoms with E-state index in [4.69, 9.17) is 0 Å². The van der Waals surface area contributed by atoms with Gasteiger partial charge < -0.3 is 15.5 Å². The van der Waals surface area contributed by atoms with Crippen molar-refractivity contribution in [3.8, 4) is 0 Å². The lowest BCUT2D eigenvalue weighted by molar-refractivity contribution is -0.120. The van der Waals surface area contributed by atoms with E-state index in [-0.39, 0.29) is 24.4 Å². The molecule has 0 saturated carbocycles. The summed E-state index contributed by atoms with van der Waals surface area (Å²) in [5.41, 5.74) is 3.49. The van der Waals surface area contributed by atoms with Crippen LogP contribution in [0.4, 0.5) is 5.69 Å². The van der Waals surface area contributed by atoms with Gasteiger partial charge >= 0.3 is 0 Å². The predicted octanol–water partition coefficient (Wildman–Crippen LogP) is 4.64. The lowest BCUT2D eigenvalue weighted by atomic mass is 10.0. The lowest BCUT2D eigenvalue weighted by Gasteiger charge is -2.19. The van der Waals surface area contributed by atoms with Gasteiger partial charge in [-0.2, -0.15) is 0 Å². The van der Waals surface area contributed by atoms with Crippen LogP contribution in [0.25, 0.3) is 0 Å². The first-order valence-electron chi connectivity index (χ1n) is 10.5. The number of rotatable bonds is 9. The van der Waals surface area contributed by atoms with Crippen molar-refractivity contribution in [3.63, 3.8) is 0 Å². The zero-order valence-electron chi connectivity index (χ0n) is 18.0. The van der Waals surface area contributed by atoms with Crippen LogP contribution in [-0.4, -0.2) is 30.3 Å². The van der Waals surface area contributed by atoms with Gasteiger partial charge in [0.05, 0.1) is 12.6 Å². The monoisotopic (exact) mass is 415 g/mol. The maximum atomic E-state index is 12.8. The van der Waals surface area contributed by atoms with Gasteiger partial charge in [-0.3, -0.25) is 9.59 Å². The van der Waals surface area contributed by atoms with Gasteiger partial charge in [0, 0.05) is 24.8 Å². The molecule has 5 nitrogen and oxygen atoms in total. The number of nitrogens with one attached hydrogen (secondary N) is 2. The van der Waals surface area contributed by atoms with Crippen molar-refractivity contribution < 1.29 is 9.59 Å². The molecule has 0 spiro atoms. The second-order valence-electron chi connectivity index (χ2n) is 7.52. The molecule has 1 atom stereocenters. The summed E-state index contributed by atoms with van der Waals surface area (Å²) < 4.78 is 0. The molecule has 1 unspecified atom stereocenters. The highest BCUT2D eigenvalue weighted by atomic mass is 16.2. The first-order valence-corrected chi connectivity index (χ1v) is 10.5. The van der Waals surface area contributed by atoms with E-state index in [0.29, 0.717) is 12.1 Å². The van der Waals surface area contributed by atoms with Gasteiger partial charge in [0.15, 0.2) is 0 Å². The molecule has 0 fully saturated rings. The lowest BCUT2D eigenvalue weighted by Crippen LogP contribution is -2.33. The highest BCUT2D eigenvalue weighted by molar-refractivity contribution is 5.95. The summed E-state index contributed by atoms with van der Waals surface area (Å²) in [5.74, 6) is -0.152. The van der Waals surface area contributed by atoms with Gasteiger partial charge in [-0.05, 0) is 35.7 Å². The van der Waals surface area contributed by atoms with Crippen LogP contribution in [0.5, 0.6) is 0 Å². The zero-order chi connectivity index (χ0) is 22.1. The molecule has 2 amide bonds. The first-order chi connectivity index (χ1) is 15.1. The molecule has 0 aliphatic rings. The van der Waals surface area contributed by atoms with E-state index < -0.39 is 0 Å². The van der Waals surface area contributed by atoms with E-state index in [1.54, 1.807) is 24.1 Å². The van der Waals surface area contributed by atoms with Crippen molar-refractivity contribution in [2.45, 2.75) is 25.9 Å². The molecule has 0 saturated heterocycles. The summed E-state index contributed by atoms with van der Waals surface area (Å²) in [7, 11) is 1.79. The minimum atomic E-state index is -0.0892. The van der Waals surface area contributed by atoms with Crippen LogP contribution in [0.2, 0.25) is 0 Å². The largest absolute Gasteiger partial charge is 0.376 e. The average Bonchev–Trinajstić information content (AvgIpc) is 2.82. The van der Waals surface area contributed by atoms with Gasteiger partial charge in [0.25, 0.3) is 5.91 Å². The van der Waals surface area contributed by atoms with Crippen molar-refractivity contribution in [1.29, 1.82) is 0 Å². The number of amides is 2. The number of anilines is 1. The number of nitrogens with zero attached hydrogens (tertiary/aromatic N) is 1. The van der Waals surface area contributed by atoms with E-state index in [1.165, 1.54) is 0 Å². The molecule has 0 aromatic heterocycles. The smallest absolute Gasteiger partial charge is 0.253 e. The quantitative estimate of drug-likeness (QED) is 0.535. The van der Waals surface area contributed by atoms with Gasteiger partial charge in [0.2, 0.25) is 5.91 Å². The van der Waals surface area contributed by atoms with Crippen molar-refractivity contribution in [2.75, 3.05) is 18.9 Å². The highest BCUT2D eigenvalue weighted by Crippen LogP contribution is 2.16. The summed E-state index contributed by atoms with van der Waals surface area (Å²) in [5, 5.41) is 6.19. The Morgan fingerprint density at radius 3 is 2.26 bits per heavy atom. The summed E-state index contributed by atoms with van der Waals surface area (Å²) in [4.78, 5) is 26.9. The molecule has 0 radical (unpaired) electrons.